The fraction of sp³-hybridized carbons (Fsp3) is 0.562. The van der Waals surface area contributed by atoms with Gasteiger partial charge in [0.15, 0.2) is 0 Å². The highest BCUT2D eigenvalue weighted by atomic mass is 15.7. The molecule has 0 aromatic heterocycles. The quantitative estimate of drug-likeness (QED) is 0.786. The average molecular weight is 296 g/mol. The number of aromatic nitrogens is 3. The van der Waals surface area contributed by atoms with Crippen molar-refractivity contribution in [2.24, 2.45) is 0 Å². The van der Waals surface area contributed by atoms with Gasteiger partial charge in [-0.2, -0.15) is 10.1 Å². The van der Waals surface area contributed by atoms with Crippen molar-refractivity contribution in [1.82, 2.24) is 19.8 Å². The van der Waals surface area contributed by atoms with Crippen LogP contribution in [0.15, 0.2) is 6.33 Å². The molecular formula is C16H20N6. The van der Waals surface area contributed by atoms with E-state index in [1.165, 1.54) is 24.0 Å². The van der Waals surface area contributed by atoms with Crippen molar-refractivity contribution in [3.8, 4) is 17.5 Å². The second kappa shape index (κ2) is 5.25. The monoisotopic (exact) mass is 296 g/mol. The van der Waals surface area contributed by atoms with Gasteiger partial charge < -0.3 is 4.90 Å². The van der Waals surface area contributed by atoms with E-state index in [1.807, 2.05) is 4.79 Å². The molecule has 0 bridgehead atoms. The number of hydrogen-bond donors (Lipinski definition) is 0. The number of nitrogens with zero attached hydrogens (tertiary/aromatic N) is 6. The van der Waals surface area contributed by atoms with E-state index in [0.29, 0.717) is 0 Å². The SMILES string of the molecule is CN1CCN(n2ncnc3c(C#N)c4c(c2-3)CCCC4)CC1. The van der Waals surface area contributed by atoms with Crippen LogP contribution in [0.1, 0.15) is 29.5 Å². The van der Waals surface area contributed by atoms with Gasteiger partial charge in [-0.15, -0.1) is 5.10 Å². The second-order valence-corrected chi connectivity index (χ2v) is 6.25. The lowest BCUT2D eigenvalue weighted by Crippen LogP contribution is -2.51. The first-order chi connectivity index (χ1) is 10.8. The molecule has 0 aromatic carbocycles. The number of fused-ring (bicyclic) bond motifs is 3. The molecule has 0 unspecified atom stereocenters. The van der Waals surface area contributed by atoms with Gasteiger partial charge in [0, 0.05) is 26.2 Å². The number of nitriles is 1. The lowest BCUT2D eigenvalue weighted by Gasteiger charge is -2.35. The summed E-state index contributed by atoms with van der Waals surface area (Å²) in [7, 11) is 2.15. The van der Waals surface area contributed by atoms with Crippen LogP contribution in [0.25, 0.3) is 11.4 Å². The standard InChI is InChI=1S/C16H20N6/c1-20-6-8-21(9-7-20)22-16-13-5-3-2-4-12(13)14(10-17)15(16)18-11-19-22/h11H,2-9H2,1H3. The summed E-state index contributed by atoms with van der Waals surface area (Å²) in [6.07, 6.45) is 5.98. The summed E-state index contributed by atoms with van der Waals surface area (Å²) in [5, 5.41) is 16.4. The van der Waals surface area contributed by atoms with Gasteiger partial charge in [-0.1, -0.05) is 0 Å². The molecule has 4 aliphatic rings. The third kappa shape index (κ3) is 1.97. The Balaban J connectivity index is 1.85. The number of piperazine rings is 1. The van der Waals surface area contributed by atoms with Gasteiger partial charge in [0.05, 0.1) is 5.56 Å². The normalized spacial score (nSPS) is 19.2. The van der Waals surface area contributed by atoms with Crippen molar-refractivity contribution < 1.29 is 0 Å². The minimum absolute atomic E-state index is 0.773. The van der Waals surface area contributed by atoms with E-state index in [2.05, 4.69) is 33.1 Å². The van der Waals surface area contributed by atoms with E-state index in [4.69, 9.17) is 0 Å². The summed E-state index contributed by atoms with van der Waals surface area (Å²) in [6, 6.07) is 2.38. The Morgan fingerprint density at radius 3 is 2.55 bits per heavy atom. The van der Waals surface area contributed by atoms with Crippen molar-refractivity contribution >= 4 is 0 Å². The lowest BCUT2D eigenvalue weighted by molar-refractivity contribution is 0.280. The molecule has 22 heavy (non-hydrogen) atoms. The highest BCUT2D eigenvalue weighted by molar-refractivity contribution is 5.76. The van der Waals surface area contributed by atoms with Crippen LogP contribution in [0.4, 0.5) is 0 Å². The van der Waals surface area contributed by atoms with E-state index in [-0.39, 0.29) is 0 Å². The van der Waals surface area contributed by atoms with E-state index < -0.39 is 0 Å². The minimum atomic E-state index is 0.773. The molecule has 1 saturated heterocycles. The van der Waals surface area contributed by atoms with Gasteiger partial charge in [0.2, 0.25) is 0 Å². The molecule has 6 nitrogen and oxygen atoms in total. The molecule has 0 saturated carbocycles. The van der Waals surface area contributed by atoms with Crippen molar-refractivity contribution in [3.63, 3.8) is 0 Å². The van der Waals surface area contributed by atoms with E-state index in [9.17, 15) is 5.26 Å². The summed E-state index contributed by atoms with van der Waals surface area (Å²) in [5.74, 6) is 0. The topological polar surface area (TPSA) is 61.0 Å². The Morgan fingerprint density at radius 2 is 1.82 bits per heavy atom. The highest BCUT2D eigenvalue weighted by Gasteiger charge is 2.30. The van der Waals surface area contributed by atoms with Gasteiger partial charge in [-0.25, -0.2) is 4.98 Å². The summed E-state index contributed by atoms with van der Waals surface area (Å²) >= 11 is 0. The van der Waals surface area contributed by atoms with E-state index in [1.54, 1.807) is 6.33 Å². The molecule has 0 spiro atoms. The van der Waals surface area contributed by atoms with Gasteiger partial charge in [-0.3, -0.25) is 5.01 Å². The van der Waals surface area contributed by atoms with Crippen LogP contribution in [0.3, 0.4) is 0 Å². The maximum atomic E-state index is 9.58. The molecule has 0 aromatic rings. The fourth-order valence-corrected chi connectivity index (χ4v) is 3.70. The molecule has 1 fully saturated rings. The average Bonchev–Trinajstić information content (AvgIpc) is 2.89. The van der Waals surface area contributed by atoms with Crippen molar-refractivity contribution in [2.75, 3.05) is 38.2 Å². The van der Waals surface area contributed by atoms with E-state index >= 15 is 0 Å². The zero-order valence-corrected chi connectivity index (χ0v) is 12.9. The van der Waals surface area contributed by atoms with Crippen molar-refractivity contribution in [2.45, 2.75) is 25.7 Å². The number of rotatable bonds is 1. The molecule has 6 heteroatoms. The maximum Gasteiger partial charge on any atom is 0.138 e. The predicted octanol–water partition coefficient (Wildman–Crippen LogP) is 1.02. The molecular weight excluding hydrogens is 276 g/mol. The molecule has 114 valence electrons. The molecule has 0 amide bonds. The van der Waals surface area contributed by atoms with Gasteiger partial charge >= 0.3 is 0 Å². The van der Waals surface area contributed by atoms with Crippen molar-refractivity contribution in [3.05, 3.63) is 23.0 Å². The smallest absolute Gasteiger partial charge is 0.138 e. The largest absolute Gasteiger partial charge is 0.303 e. The Kier molecular flexibility index (Phi) is 3.23. The molecule has 0 atom stereocenters. The predicted molar refractivity (Wildman–Crippen MR) is 83.4 cm³/mol. The first-order valence-electron chi connectivity index (χ1n) is 8.01. The fourth-order valence-electron chi connectivity index (χ4n) is 3.70. The summed E-state index contributed by atoms with van der Waals surface area (Å²) < 4.78 is 0. The third-order valence-corrected chi connectivity index (χ3v) is 4.92. The molecule has 4 rings (SSSR count). The summed E-state index contributed by atoms with van der Waals surface area (Å²) in [4.78, 5) is 8.78. The Bertz CT molecular complexity index is 704. The maximum absolute atomic E-state index is 9.58. The third-order valence-electron chi connectivity index (χ3n) is 4.92. The lowest BCUT2D eigenvalue weighted by atomic mass is 9.94. The van der Waals surface area contributed by atoms with Crippen LogP contribution < -0.4 is 5.01 Å². The Morgan fingerprint density at radius 1 is 1.09 bits per heavy atom. The van der Waals surface area contributed by atoms with Crippen molar-refractivity contribution in [1.29, 1.82) is 5.26 Å². The van der Waals surface area contributed by atoms with Gasteiger partial charge in [0.1, 0.15) is 23.8 Å². The Labute approximate surface area is 130 Å². The van der Waals surface area contributed by atoms with Crippen LogP contribution in [-0.2, 0) is 12.8 Å². The number of hydrogen-bond acceptors (Lipinski definition) is 5. The van der Waals surface area contributed by atoms with E-state index in [0.717, 1.165) is 56.0 Å². The van der Waals surface area contributed by atoms with Crippen LogP contribution in [-0.4, -0.2) is 53.0 Å². The highest BCUT2D eigenvalue weighted by Crippen LogP contribution is 2.38. The van der Waals surface area contributed by atoms with Crippen LogP contribution in [0.2, 0.25) is 0 Å². The van der Waals surface area contributed by atoms with Gasteiger partial charge in [-0.05, 0) is 43.9 Å². The summed E-state index contributed by atoms with van der Waals surface area (Å²) in [6.45, 7) is 3.98. The Hall–Kier alpha value is -2.13. The zero-order chi connectivity index (χ0) is 15.1. The van der Waals surface area contributed by atoms with Crippen LogP contribution in [0, 0.1) is 11.3 Å². The zero-order valence-electron chi connectivity index (χ0n) is 12.9. The molecule has 2 aliphatic carbocycles. The molecule has 2 heterocycles. The minimum Gasteiger partial charge on any atom is -0.303 e. The van der Waals surface area contributed by atoms with Crippen LogP contribution >= 0.6 is 0 Å². The van der Waals surface area contributed by atoms with Crippen LogP contribution in [0.5, 0.6) is 0 Å². The van der Waals surface area contributed by atoms with Gasteiger partial charge in [0.25, 0.3) is 0 Å². The molecule has 2 aliphatic heterocycles. The summed E-state index contributed by atoms with van der Waals surface area (Å²) in [5.41, 5.74) is 5.20. The first kappa shape index (κ1) is 13.5. The number of likely N-dealkylation sites (N-methyl/N-ethyl adjacent to an activating group) is 1. The first-order valence-corrected chi connectivity index (χ1v) is 8.01. The molecule has 0 N–H and O–H groups in total. The second-order valence-electron chi connectivity index (χ2n) is 6.25. The molecule has 0 radical (unpaired) electrons.